The zero-order valence-electron chi connectivity index (χ0n) is 9.81. The first-order valence-corrected chi connectivity index (χ1v) is 5.16. The Morgan fingerprint density at radius 2 is 1.81 bits per heavy atom. The van der Waals surface area contributed by atoms with Crippen LogP contribution in [0, 0.1) is 13.8 Å². The monoisotopic (exact) mass is 229 g/mol. The van der Waals surface area contributed by atoms with Gasteiger partial charge in [-0.25, -0.2) is 8.78 Å². The van der Waals surface area contributed by atoms with Gasteiger partial charge in [-0.05, 0) is 43.7 Å². The van der Waals surface area contributed by atoms with Gasteiger partial charge in [-0.3, -0.25) is 0 Å². The molecule has 0 aliphatic carbocycles. The van der Waals surface area contributed by atoms with Gasteiger partial charge in [0.15, 0.2) is 0 Å². The van der Waals surface area contributed by atoms with Crippen molar-refractivity contribution in [2.75, 3.05) is 13.7 Å². The maximum atomic E-state index is 13.8. The van der Waals surface area contributed by atoms with E-state index >= 15 is 0 Å². The Hall–Kier alpha value is -1.16. The third-order valence-electron chi connectivity index (χ3n) is 2.67. The van der Waals surface area contributed by atoms with Gasteiger partial charge in [-0.2, -0.15) is 0 Å². The van der Waals surface area contributed by atoms with Crippen LogP contribution in [0.5, 0.6) is 5.75 Å². The Morgan fingerprint density at radius 1 is 1.25 bits per heavy atom. The van der Waals surface area contributed by atoms with Gasteiger partial charge in [0.25, 0.3) is 5.92 Å². The summed E-state index contributed by atoms with van der Waals surface area (Å²) in [6, 6.07) is 3.11. The lowest BCUT2D eigenvalue weighted by atomic mass is 9.99. The lowest BCUT2D eigenvalue weighted by molar-refractivity contribution is -0.0128. The van der Waals surface area contributed by atoms with Crippen LogP contribution in [0.15, 0.2) is 12.1 Å². The summed E-state index contributed by atoms with van der Waals surface area (Å²) in [5.74, 6) is -2.71. The molecule has 0 saturated carbocycles. The van der Waals surface area contributed by atoms with Gasteiger partial charge in [0.05, 0.1) is 12.7 Å². The van der Waals surface area contributed by atoms with E-state index in [1.54, 1.807) is 13.0 Å². The fraction of sp³-hybridized carbons (Fsp3) is 0.500. The Kier molecular flexibility index (Phi) is 3.86. The molecule has 1 aromatic rings. The van der Waals surface area contributed by atoms with E-state index in [1.807, 2.05) is 6.92 Å². The SMILES string of the molecule is COc1cc(C)c(C)cc1C(F)(F)CCN. The highest BCUT2D eigenvalue weighted by atomic mass is 19.3. The van der Waals surface area contributed by atoms with Crippen LogP contribution < -0.4 is 10.5 Å². The summed E-state index contributed by atoms with van der Waals surface area (Å²) in [4.78, 5) is 0. The second-order valence-corrected chi connectivity index (χ2v) is 3.88. The van der Waals surface area contributed by atoms with Gasteiger partial charge in [0.1, 0.15) is 5.75 Å². The second kappa shape index (κ2) is 4.78. The van der Waals surface area contributed by atoms with Crippen molar-refractivity contribution in [3.8, 4) is 5.75 Å². The molecule has 0 bridgehead atoms. The third kappa shape index (κ3) is 2.50. The van der Waals surface area contributed by atoms with Gasteiger partial charge >= 0.3 is 0 Å². The molecular weight excluding hydrogens is 212 g/mol. The molecule has 1 aromatic carbocycles. The van der Waals surface area contributed by atoms with E-state index in [1.165, 1.54) is 13.2 Å². The van der Waals surface area contributed by atoms with E-state index in [-0.39, 0.29) is 24.3 Å². The fourth-order valence-electron chi connectivity index (χ4n) is 1.56. The molecule has 0 heterocycles. The first-order chi connectivity index (χ1) is 7.42. The molecule has 0 fully saturated rings. The molecule has 0 unspecified atom stereocenters. The van der Waals surface area contributed by atoms with E-state index in [9.17, 15) is 8.78 Å². The number of methoxy groups -OCH3 is 1. The first-order valence-electron chi connectivity index (χ1n) is 5.16. The van der Waals surface area contributed by atoms with Crippen molar-refractivity contribution < 1.29 is 13.5 Å². The molecule has 0 aliphatic rings. The largest absolute Gasteiger partial charge is 0.496 e. The van der Waals surface area contributed by atoms with Crippen LogP contribution in [0.25, 0.3) is 0 Å². The van der Waals surface area contributed by atoms with Gasteiger partial charge in [-0.1, -0.05) is 0 Å². The number of rotatable bonds is 4. The quantitative estimate of drug-likeness (QED) is 0.861. The first kappa shape index (κ1) is 12.9. The van der Waals surface area contributed by atoms with Crippen molar-refractivity contribution in [2.24, 2.45) is 5.73 Å². The highest BCUT2D eigenvalue weighted by Crippen LogP contribution is 2.38. The molecule has 90 valence electrons. The summed E-state index contributed by atoms with van der Waals surface area (Å²) in [7, 11) is 1.39. The summed E-state index contributed by atoms with van der Waals surface area (Å²) in [5.41, 5.74) is 6.87. The predicted molar refractivity (Wildman–Crippen MR) is 60.0 cm³/mol. The van der Waals surface area contributed by atoms with Crippen LogP contribution >= 0.6 is 0 Å². The van der Waals surface area contributed by atoms with E-state index in [4.69, 9.17) is 10.5 Å². The van der Waals surface area contributed by atoms with Gasteiger partial charge in [0, 0.05) is 6.42 Å². The topological polar surface area (TPSA) is 35.2 Å². The Morgan fingerprint density at radius 3 is 2.31 bits per heavy atom. The number of halogens is 2. The van der Waals surface area contributed by atoms with Crippen LogP contribution in [0.2, 0.25) is 0 Å². The fourth-order valence-corrected chi connectivity index (χ4v) is 1.56. The number of hydrogen-bond acceptors (Lipinski definition) is 2. The molecule has 0 aliphatic heterocycles. The summed E-state index contributed by atoms with van der Waals surface area (Å²) in [6.07, 6.45) is -0.369. The number of nitrogens with two attached hydrogens (primary N) is 1. The van der Waals surface area contributed by atoms with Gasteiger partial charge < -0.3 is 10.5 Å². The summed E-state index contributed by atoms with van der Waals surface area (Å²) < 4.78 is 32.5. The standard InChI is InChI=1S/C12H17F2NO/c1-8-6-10(12(13,14)4-5-15)11(16-3)7-9(8)2/h6-7H,4-5,15H2,1-3H3. The number of alkyl halides is 2. The number of ether oxygens (including phenoxy) is 1. The molecular formula is C12H17F2NO. The maximum absolute atomic E-state index is 13.8. The zero-order chi connectivity index (χ0) is 12.3. The smallest absolute Gasteiger partial charge is 0.278 e. The van der Waals surface area contributed by atoms with Crippen molar-refractivity contribution >= 4 is 0 Å². The molecule has 1 rings (SSSR count). The van der Waals surface area contributed by atoms with E-state index < -0.39 is 5.92 Å². The highest BCUT2D eigenvalue weighted by Gasteiger charge is 2.34. The second-order valence-electron chi connectivity index (χ2n) is 3.88. The van der Waals surface area contributed by atoms with Crippen molar-refractivity contribution in [1.82, 2.24) is 0 Å². The van der Waals surface area contributed by atoms with Crippen LogP contribution in [-0.4, -0.2) is 13.7 Å². The van der Waals surface area contributed by atoms with Gasteiger partial charge in [-0.15, -0.1) is 0 Å². The Balaban J connectivity index is 3.26. The molecule has 0 saturated heterocycles. The molecule has 0 radical (unpaired) electrons. The minimum atomic E-state index is -2.93. The normalized spacial score (nSPS) is 11.6. The van der Waals surface area contributed by atoms with Crippen LogP contribution in [0.3, 0.4) is 0 Å². The molecule has 2 nitrogen and oxygen atoms in total. The van der Waals surface area contributed by atoms with E-state index in [0.717, 1.165) is 11.1 Å². The molecule has 0 amide bonds. The zero-order valence-corrected chi connectivity index (χ0v) is 9.81. The predicted octanol–water partition coefficient (Wildman–Crippen LogP) is 2.75. The van der Waals surface area contributed by atoms with Crippen molar-refractivity contribution in [3.05, 3.63) is 28.8 Å². The molecule has 16 heavy (non-hydrogen) atoms. The summed E-state index contributed by atoms with van der Waals surface area (Å²) >= 11 is 0. The molecule has 4 heteroatoms. The van der Waals surface area contributed by atoms with Gasteiger partial charge in [0.2, 0.25) is 0 Å². The average Bonchev–Trinajstić information content (AvgIpc) is 2.21. The van der Waals surface area contributed by atoms with E-state index in [2.05, 4.69) is 0 Å². The highest BCUT2D eigenvalue weighted by molar-refractivity contribution is 5.44. The van der Waals surface area contributed by atoms with Crippen LogP contribution in [0.1, 0.15) is 23.1 Å². The van der Waals surface area contributed by atoms with Crippen molar-refractivity contribution in [3.63, 3.8) is 0 Å². The van der Waals surface area contributed by atoms with Crippen molar-refractivity contribution in [2.45, 2.75) is 26.2 Å². The third-order valence-corrected chi connectivity index (χ3v) is 2.67. The minimum absolute atomic E-state index is 0.0525. The number of hydrogen-bond donors (Lipinski definition) is 1. The maximum Gasteiger partial charge on any atom is 0.278 e. The number of aryl methyl sites for hydroxylation is 2. The van der Waals surface area contributed by atoms with E-state index in [0.29, 0.717) is 0 Å². The average molecular weight is 229 g/mol. The Bertz CT molecular complexity index is 378. The molecule has 0 aromatic heterocycles. The lowest BCUT2D eigenvalue weighted by Gasteiger charge is -2.20. The minimum Gasteiger partial charge on any atom is -0.496 e. The molecule has 0 spiro atoms. The summed E-state index contributed by atoms with van der Waals surface area (Å²) in [5, 5.41) is 0. The van der Waals surface area contributed by atoms with Crippen LogP contribution in [0.4, 0.5) is 8.78 Å². The lowest BCUT2D eigenvalue weighted by Crippen LogP contribution is -2.19. The molecule has 2 N–H and O–H groups in total. The molecule has 0 atom stereocenters. The van der Waals surface area contributed by atoms with Crippen LogP contribution in [-0.2, 0) is 5.92 Å². The Labute approximate surface area is 94.4 Å². The summed E-state index contributed by atoms with van der Waals surface area (Å²) in [6.45, 7) is 3.61. The van der Waals surface area contributed by atoms with Crippen molar-refractivity contribution in [1.29, 1.82) is 0 Å². The number of benzene rings is 1.